The van der Waals surface area contributed by atoms with Crippen molar-refractivity contribution in [1.29, 1.82) is 0 Å². The van der Waals surface area contributed by atoms with Crippen LogP contribution in [0, 0.1) is 0 Å². The van der Waals surface area contributed by atoms with Crippen LogP contribution in [0.3, 0.4) is 0 Å². The van der Waals surface area contributed by atoms with Gasteiger partial charge in [0.2, 0.25) is 5.91 Å². The van der Waals surface area contributed by atoms with Crippen molar-refractivity contribution in [3.8, 4) is 5.75 Å². The maximum Gasteiger partial charge on any atom is 0.323 e. The van der Waals surface area contributed by atoms with Crippen molar-refractivity contribution >= 4 is 22.9 Å². The van der Waals surface area contributed by atoms with E-state index in [4.69, 9.17) is 9.84 Å². The average molecular weight is 354 g/mol. The molecule has 24 heavy (non-hydrogen) atoms. The minimum absolute atomic E-state index is 0.347. The summed E-state index contributed by atoms with van der Waals surface area (Å²) in [5, 5.41) is 8.90. The summed E-state index contributed by atoms with van der Waals surface area (Å²) in [6, 6.07) is 4.54. The highest BCUT2D eigenvalue weighted by Crippen LogP contribution is 2.26. The number of carbonyl (C=O) groups excluding carboxylic acids is 1. The number of benzene rings is 1. The molecule has 1 aliphatic heterocycles. The van der Waals surface area contributed by atoms with E-state index in [9.17, 15) is 13.8 Å². The van der Waals surface area contributed by atoms with Crippen molar-refractivity contribution in [2.75, 3.05) is 19.7 Å². The summed E-state index contributed by atoms with van der Waals surface area (Å²) >= 11 is 0. The molecule has 0 bridgehead atoms. The summed E-state index contributed by atoms with van der Waals surface area (Å²) in [5.41, 5.74) is 1.00. The molecular weight excluding hydrogens is 332 g/mol. The highest BCUT2D eigenvalue weighted by Gasteiger charge is 2.24. The maximum atomic E-state index is 12.4. The van der Waals surface area contributed by atoms with Gasteiger partial charge in [-0.1, -0.05) is 6.92 Å². The van der Waals surface area contributed by atoms with Gasteiger partial charge in [0.05, 0.1) is 17.5 Å². The van der Waals surface area contributed by atoms with Gasteiger partial charge in [0.25, 0.3) is 0 Å². The molecular formula is C16H22N2O5S. The van der Waals surface area contributed by atoms with Gasteiger partial charge in [-0.3, -0.25) is 9.59 Å². The molecule has 0 radical (unpaired) electrons. The zero-order valence-corrected chi connectivity index (χ0v) is 14.6. The Morgan fingerprint density at radius 1 is 1.46 bits per heavy atom. The van der Waals surface area contributed by atoms with Crippen molar-refractivity contribution in [2.45, 2.75) is 37.6 Å². The molecule has 0 saturated heterocycles. The number of nitrogens with zero attached hydrogens (tertiary/aromatic N) is 1. The summed E-state index contributed by atoms with van der Waals surface area (Å²) in [5.74, 6) is -0.642. The molecule has 1 heterocycles. The number of nitrogens with one attached hydrogen (secondary N) is 1. The lowest BCUT2D eigenvalue weighted by Gasteiger charge is -2.24. The van der Waals surface area contributed by atoms with Crippen LogP contribution in [0.25, 0.3) is 0 Å². The molecule has 2 rings (SSSR count). The molecule has 0 saturated carbocycles. The van der Waals surface area contributed by atoms with Crippen LogP contribution in [-0.2, 0) is 27.0 Å². The van der Waals surface area contributed by atoms with Crippen LogP contribution in [-0.4, -0.2) is 51.8 Å². The smallest absolute Gasteiger partial charge is 0.323 e. The van der Waals surface area contributed by atoms with E-state index in [1.807, 2.05) is 13.0 Å². The standard InChI is InChI=1S/C16H22N2O5S/c1-3-7-18(10-15(19)20)16(21)11(2)17-24(22)13-4-5-14-12(9-13)6-8-23-14/h4-5,9,11,17H,3,6-8,10H2,1-2H3,(H,19,20)/t11-,24?/m0/s1. The van der Waals surface area contributed by atoms with E-state index in [0.717, 1.165) is 17.7 Å². The lowest BCUT2D eigenvalue weighted by molar-refractivity contribution is -0.145. The highest BCUT2D eigenvalue weighted by atomic mass is 32.2. The van der Waals surface area contributed by atoms with E-state index < -0.39 is 23.0 Å². The fourth-order valence-electron chi connectivity index (χ4n) is 2.53. The summed E-state index contributed by atoms with van der Waals surface area (Å²) in [4.78, 5) is 25.1. The minimum Gasteiger partial charge on any atom is -0.493 e. The maximum absolute atomic E-state index is 12.4. The number of amides is 1. The van der Waals surface area contributed by atoms with Crippen LogP contribution in [0.2, 0.25) is 0 Å². The molecule has 0 fully saturated rings. The zero-order valence-electron chi connectivity index (χ0n) is 13.8. The first-order valence-corrected chi connectivity index (χ1v) is 9.01. The number of fused-ring (bicyclic) bond motifs is 1. The van der Waals surface area contributed by atoms with E-state index in [2.05, 4.69) is 4.72 Å². The van der Waals surface area contributed by atoms with Crippen molar-refractivity contribution in [1.82, 2.24) is 9.62 Å². The molecule has 2 N–H and O–H groups in total. The second-order valence-electron chi connectivity index (χ2n) is 5.63. The van der Waals surface area contributed by atoms with Gasteiger partial charge in [0, 0.05) is 13.0 Å². The lowest BCUT2D eigenvalue weighted by Crippen LogP contribution is -2.47. The SMILES string of the molecule is CCCN(CC(=O)O)C(=O)[C@H](C)NS(=O)c1ccc2c(c1)CCO2. The van der Waals surface area contributed by atoms with Crippen LogP contribution < -0.4 is 9.46 Å². The molecule has 0 aromatic heterocycles. The second kappa shape index (κ2) is 8.25. The summed E-state index contributed by atoms with van der Waals surface area (Å²) in [7, 11) is -1.56. The Labute approximate surface area is 143 Å². The summed E-state index contributed by atoms with van der Waals surface area (Å²) < 4.78 is 20.6. The third kappa shape index (κ3) is 4.55. The minimum atomic E-state index is -1.56. The Hall–Kier alpha value is -1.93. The van der Waals surface area contributed by atoms with E-state index in [1.54, 1.807) is 19.1 Å². The largest absolute Gasteiger partial charge is 0.493 e. The topological polar surface area (TPSA) is 95.9 Å². The molecule has 7 nitrogen and oxygen atoms in total. The van der Waals surface area contributed by atoms with Gasteiger partial charge >= 0.3 is 5.97 Å². The second-order valence-corrected chi connectivity index (χ2v) is 6.87. The quantitative estimate of drug-likeness (QED) is 0.724. The van der Waals surface area contributed by atoms with Gasteiger partial charge in [-0.25, -0.2) is 8.93 Å². The van der Waals surface area contributed by atoms with Crippen LogP contribution in [0.5, 0.6) is 5.75 Å². The van der Waals surface area contributed by atoms with Gasteiger partial charge in [-0.15, -0.1) is 0 Å². The van der Waals surface area contributed by atoms with Crippen molar-refractivity contribution < 1.29 is 23.6 Å². The molecule has 8 heteroatoms. The number of carbonyl (C=O) groups is 2. The van der Waals surface area contributed by atoms with E-state index >= 15 is 0 Å². The van der Waals surface area contributed by atoms with Crippen molar-refractivity contribution in [3.05, 3.63) is 23.8 Å². The molecule has 2 atom stereocenters. The first kappa shape index (κ1) is 18.4. The monoisotopic (exact) mass is 354 g/mol. The summed E-state index contributed by atoms with van der Waals surface area (Å²) in [6.45, 7) is 4.06. The van der Waals surface area contributed by atoms with Gasteiger partial charge in [0.15, 0.2) is 0 Å². The van der Waals surface area contributed by atoms with E-state index in [1.165, 1.54) is 4.90 Å². The molecule has 132 valence electrons. The van der Waals surface area contributed by atoms with Crippen LogP contribution in [0.4, 0.5) is 0 Å². The highest BCUT2D eigenvalue weighted by molar-refractivity contribution is 7.83. The Morgan fingerprint density at radius 2 is 2.21 bits per heavy atom. The third-order valence-electron chi connectivity index (χ3n) is 3.66. The van der Waals surface area contributed by atoms with Gasteiger partial charge < -0.3 is 14.7 Å². The summed E-state index contributed by atoms with van der Waals surface area (Å²) in [6.07, 6.45) is 1.43. The molecule has 1 aromatic rings. The Morgan fingerprint density at radius 3 is 2.88 bits per heavy atom. The average Bonchev–Trinajstić information content (AvgIpc) is 3.00. The fraction of sp³-hybridized carbons (Fsp3) is 0.500. The van der Waals surface area contributed by atoms with E-state index in [-0.39, 0.29) is 12.5 Å². The van der Waals surface area contributed by atoms with Crippen LogP contribution >= 0.6 is 0 Å². The molecule has 0 spiro atoms. The first-order valence-electron chi connectivity index (χ1n) is 7.86. The molecule has 0 aliphatic carbocycles. The number of carboxylic acids is 1. The number of hydrogen-bond donors (Lipinski definition) is 2. The Bertz CT molecular complexity index is 649. The predicted molar refractivity (Wildman–Crippen MR) is 89.2 cm³/mol. The Kier molecular flexibility index (Phi) is 6.33. The predicted octanol–water partition coefficient (Wildman–Crippen LogP) is 0.945. The number of hydrogen-bond acceptors (Lipinski definition) is 4. The van der Waals surface area contributed by atoms with Gasteiger partial charge in [-0.2, -0.15) is 0 Å². The third-order valence-corrected chi connectivity index (χ3v) is 4.91. The molecule has 1 unspecified atom stereocenters. The van der Waals surface area contributed by atoms with Crippen molar-refractivity contribution in [3.63, 3.8) is 0 Å². The number of rotatable bonds is 8. The number of aliphatic carboxylic acids is 1. The number of carboxylic acid groups (broad SMARTS) is 1. The molecule has 1 aromatic carbocycles. The van der Waals surface area contributed by atoms with Crippen molar-refractivity contribution in [2.24, 2.45) is 0 Å². The zero-order chi connectivity index (χ0) is 17.7. The normalized spacial score (nSPS) is 15.2. The molecule has 1 amide bonds. The number of ether oxygens (including phenoxy) is 1. The molecule has 1 aliphatic rings. The van der Waals surface area contributed by atoms with E-state index in [0.29, 0.717) is 24.5 Å². The van der Waals surface area contributed by atoms with Gasteiger partial charge in [0.1, 0.15) is 23.3 Å². The first-order chi connectivity index (χ1) is 11.4. The lowest BCUT2D eigenvalue weighted by atomic mass is 10.2. The van der Waals surface area contributed by atoms with Crippen LogP contribution in [0.15, 0.2) is 23.1 Å². The Balaban J connectivity index is 2.01. The fourth-order valence-corrected chi connectivity index (χ4v) is 3.53. The van der Waals surface area contributed by atoms with Gasteiger partial charge in [-0.05, 0) is 37.1 Å². The van der Waals surface area contributed by atoms with Crippen LogP contribution in [0.1, 0.15) is 25.8 Å².